The first kappa shape index (κ1) is 14.4. The summed E-state index contributed by atoms with van der Waals surface area (Å²) in [6, 6.07) is 5.78. The molecule has 3 rings (SSSR count). The molecular formula is C14H9BrClF2N3. The molecule has 2 heterocycles. The zero-order chi connectivity index (χ0) is 15.1. The average molecular weight is 373 g/mol. The van der Waals surface area contributed by atoms with E-state index in [4.69, 9.17) is 11.6 Å². The molecule has 0 saturated carbocycles. The van der Waals surface area contributed by atoms with Crippen molar-refractivity contribution in [3.8, 4) is 5.69 Å². The molecule has 0 bridgehead atoms. The van der Waals surface area contributed by atoms with E-state index in [0.29, 0.717) is 17.0 Å². The van der Waals surface area contributed by atoms with E-state index >= 15 is 0 Å². The van der Waals surface area contributed by atoms with Crippen LogP contribution >= 0.6 is 27.5 Å². The fourth-order valence-corrected chi connectivity index (χ4v) is 2.64. The summed E-state index contributed by atoms with van der Waals surface area (Å²) in [5, 5.41) is 0. The highest BCUT2D eigenvalue weighted by atomic mass is 79.9. The van der Waals surface area contributed by atoms with Crippen molar-refractivity contribution in [2.45, 2.75) is 12.8 Å². The van der Waals surface area contributed by atoms with Crippen LogP contribution in [-0.2, 0) is 5.88 Å². The Morgan fingerprint density at radius 3 is 2.67 bits per heavy atom. The minimum atomic E-state index is -0.704. The van der Waals surface area contributed by atoms with Crippen LogP contribution in [0.15, 0.2) is 28.7 Å². The maximum absolute atomic E-state index is 14.2. The molecule has 108 valence electrons. The molecule has 0 unspecified atom stereocenters. The third kappa shape index (κ3) is 2.42. The van der Waals surface area contributed by atoms with Gasteiger partial charge in [-0.25, -0.2) is 18.7 Å². The fourth-order valence-electron chi connectivity index (χ4n) is 2.12. The van der Waals surface area contributed by atoms with E-state index in [2.05, 4.69) is 25.9 Å². The van der Waals surface area contributed by atoms with Gasteiger partial charge in [-0.3, -0.25) is 4.57 Å². The van der Waals surface area contributed by atoms with Crippen molar-refractivity contribution in [2.75, 3.05) is 0 Å². The maximum atomic E-state index is 14.2. The van der Waals surface area contributed by atoms with E-state index in [1.165, 1.54) is 10.6 Å². The quantitative estimate of drug-likeness (QED) is 0.489. The Bertz CT molecular complexity index is 848. The molecule has 0 aliphatic rings. The third-order valence-corrected chi connectivity index (χ3v) is 3.91. The first-order chi connectivity index (χ1) is 10.0. The molecule has 0 fully saturated rings. The van der Waals surface area contributed by atoms with Crippen LogP contribution in [0, 0.1) is 18.6 Å². The highest BCUT2D eigenvalue weighted by Crippen LogP contribution is 2.27. The molecule has 0 saturated heterocycles. The molecule has 0 spiro atoms. The van der Waals surface area contributed by atoms with Gasteiger partial charge in [0.15, 0.2) is 5.65 Å². The number of hydrogen-bond donors (Lipinski definition) is 0. The van der Waals surface area contributed by atoms with Gasteiger partial charge in [-0.15, -0.1) is 11.6 Å². The first-order valence-corrected chi connectivity index (χ1v) is 7.40. The van der Waals surface area contributed by atoms with Crippen molar-refractivity contribution in [1.29, 1.82) is 0 Å². The number of halogens is 4. The molecule has 3 aromatic rings. The standard InChI is InChI=1S/C14H9BrClF2N3/c1-7-2-3-11-14(19-7)21(13(6-16)20-11)12-4-8(15)9(17)5-10(12)18/h2-5H,6H2,1H3. The van der Waals surface area contributed by atoms with Gasteiger partial charge in [-0.1, -0.05) is 0 Å². The molecule has 1 aromatic carbocycles. The molecule has 2 aromatic heterocycles. The van der Waals surface area contributed by atoms with Gasteiger partial charge in [0.25, 0.3) is 0 Å². The third-order valence-electron chi connectivity index (χ3n) is 3.06. The summed E-state index contributed by atoms with van der Waals surface area (Å²) in [4.78, 5) is 8.71. The summed E-state index contributed by atoms with van der Waals surface area (Å²) in [5.41, 5.74) is 2.02. The number of fused-ring (bicyclic) bond motifs is 1. The summed E-state index contributed by atoms with van der Waals surface area (Å²) in [5.74, 6) is -0.840. The van der Waals surface area contributed by atoms with Crippen molar-refractivity contribution in [2.24, 2.45) is 0 Å². The minimum Gasteiger partial charge on any atom is -0.277 e. The summed E-state index contributed by atoms with van der Waals surface area (Å²) < 4.78 is 29.2. The van der Waals surface area contributed by atoms with Gasteiger partial charge in [-0.05, 0) is 41.1 Å². The maximum Gasteiger partial charge on any atom is 0.165 e. The van der Waals surface area contributed by atoms with Crippen LogP contribution < -0.4 is 0 Å². The van der Waals surface area contributed by atoms with E-state index < -0.39 is 11.6 Å². The van der Waals surface area contributed by atoms with Gasteiger partial charge in [0.05, 0.1) is 16.0 Å². The van der Waals surface area contributed by atoms with Crippen LogP contribution in [0.3, 0.4) is 0 Å². The zero-order valence-corrected chi connectivity index (χ0v) is 13.2. The lowest BCUT2D eigenvalue weighted by atomic mass is 10.3. The summed E-state index contributed by atoms with van der Waals surface area (Å²) in [6.07, 6.45) is 0. The molecule has 21 heavy (non-hydrogen) atoms. The average Bonchev–Trinajstić information content (AvgIpc) is 2.80. The monoisotopic (exact) mass is 371 g/mol. The van der Waals surface area contributed by atoms with Gasteiger partial charge in [0, 0.05) is 11.8 Å². The highest BCUT2D eigenvalue weighted by Gasteiger charge is 2.18. The number of rotatable bonds is 2. The first-order valence-electron chi connectivity index (χ1n) is 6.07. The number of imidazole rings is 1. The second kappa shape index (κ2) is 5.35. The normalized spacial score (nSPS) is 11.3. The lowest BCUT2D eigenvalue weighted by Crippen LogP contribution is -2.04. The summed E-state index contributed by atoms with van der Waals surface area (Å²) in [6.45, 7) is 1.83. The van der Waals surface area contributed by atoms with Crippen molar-refractivity contribution >= 4 is 38.7 Å². The molecule has 3 nitrogen and oxygen atoms in total. The Morgan fingerprint density at radius 2 is 1.95 bits per heavy atom. The van der Waals surface area contributed by atoms with Crippen LogP contribution in [-0.4, -0.2) is 14.5 Å². The van der Waals surface area contributed by atoms with Gasteiger partial charge in [0.2, 0.25) is 0 Å². The largest absolute Gasteiger partial charge is 0.277 e. The zero-order valence-electron chi connectivity index (χ0n) is 10.9. The van der Waals surface area contributed by atoms with Crippen LogP contribution in [0.1, 0.15) is 11.5 Å². The number of alkyl halides is 1. The smallest absolute Gasteiger partial charge is 0.165 e. The molecular weight excluding hydrogens is 364 g/mol. The van der Waals surface area contributed by atoms with Gasteiger partial charge < -0.3 is 0 Å². The van der Waals surface area contributed by atoms with E-state index in [9.17, 15) is 8.78 Å². The van der Waals surface area contributed by atoms with Crippen molar-refractivity contribution in [1.82, 2.24) is 14.5 Å². The van der Waals surface area contributed by atoms with Gasteiger partial charge in [-0.2, -0.15) is 0 Å². The van der Waals surface area contributed by atoms with Gasteiger partial charge >= 0.3 is 0 Å². The molecule has 0 amide bonds. The SMILES string of the molecule is Cc1ccc2nc(CCl)n(-c3cc(Br)c(F)cc3F)c2n1. The van der Waals surface area contributed by atoms with E-state index in [1.807, 2.05) is 13.0 Å². The minimum absolute atomic E-state index is 0.0871. The Kier molecular flexibility index (Phi) is 3.67. The number of benzene rings is 1. The predicted octanol–water partition coefficient (Wildman–Crippen LogP) is 4.51. The fraction of sp³-hybridized carbons (Fsp3) is 0.143. The van der Waals surface area contributed by atoms with Gasteiger partial charge in [0.1, 0.15) is 23.0 Å². The van der Waals surface area contributed by atoms with Crippen molar-refractivity contribution < 1.29 is 8.78 Å². The molecule has 0 aliphatic heterocycles. The van der Waals surface area contributed by atoms with Crippen LogP contribution in [0.2, 0.25) is 0 Å². The number of nitrogens with zero attached hydrogens (tertiary/aromatic N) is 3. The predicted molar refractivity (Wildman–Crippen MR) is 80.8 cm³/mol. The Hall–Kier alpha value is -1.53. The number of aromatic nitrogens is 3. The second-order valence-corrected chi connectivity index (χ2v) is 5.63. The number of aryl methyl sites for hydroxylation is 1. The number of pyridine rings is 1. The molecule has 0 N–H and O–H groups in total. The van der Waals surface area contributed by atoms with E-state index in [-0.39, 0.29) is 16.0 Å². The highest BCUT2D eigenvalue weighted by molar-refractivity contribution is 9.10. The van der Waals surface area contributed by atoms with Crippen LogP contribution in [0.4, 0.5) is 8.78 Å². The van der Waals surface area contributed by atoms with E-state index in [0.717, 1.165) is 11.8 Å². The lowest BCUT2D eigenvalue weighted by Gasteiger charge is -2.09. The summed E-state index contributed by atoms with van der Waals surface area (Å²) >= 11 is 8.96. The summed E-state index contributed by atoms with van der Waals surface area (Å²) in [7, 11) is 0. The Morgan fingerprint density at radius 1 is 1.19 bits per heavy atom. The Balaban J connectivity index is 2.38. The molecule has 0 aliphatic carbocycles. The van der Waals surface area contributed by atoms with Crippen LogP contribution in [0.5, 0.6) is 0 Å². The lowest BCUT2D eigenvalue weighted by molar-refractivity contribution is 0.573. The Labute approximate surface area is 132 Å². The van der Waals surface area contributed by atoms with Crippen LogP contribution in [0.25, 0.3) is 16.9 Å². The molecule has 0 radical (unpaired) electrons. The van der Waals surface area contributed by atoms with Crippen molar-refractivity contribution in [3.63, 3.8) is 0 Å². The van der Waals surface area contributed by atoms with E-state index in [1.54, 1.807) is 6.07 Å². The topological polar surface area (TPSA) is 30.7 Å². The number of hydrogen-bond acceptors (Lipinski definition) is 2. The molecule has 0 atom stereocenters. The second-order valence-electron chi connectivity index (χ2n) is 4.51. The van der Waals surface area contributed by atoms with Crippen molar-refractivity contribution in [3.05, 3.63) is 51.9 Å². The molecule has 7 heteroatoms.